The molecule has 1 N–H and O–H groups in total. The molecule has 0 fully saturated rings. The van der Waals surface area contributed by atoms with E-state index >= 15 is 0 Å². The molecule has 1 aromatic heterocycles. The highest BCUT2D eigenvalue weighted by Gasteiger charge is 2.15. The first-order valence-corrected chi connectivity index (χ1v) is 8.60. The van der Waals surface area contributed by atoms with Crippen LogP contribution in [0.15, 0.2) is 45.9 Å². The fourth-order valence-electron chi connectivity index (χ4n) is 2.09. The molecular weight excluding hydrogens is 334 g/mol. The third-order valence-electron chi connectivity index (χ3n) is 3.13. The van der Waals surface area contributed by atoms with Crippen LogP contribution in [0.3, 0.4) is 0 Å². The summed E-state index contributed by atoms with van der Waals surface area (Å²) < 4.78 is 3.25. The summed E-state index contributed by atoms with van der Waals surface area (Å²) in [7, 11) is 2.01. The predicted octanol–water partition coefficient (Wildman–Crippen LogP) is 4.11. The summed E-state index contributed by atoms with van der Waals surface area (Å²) >= 11 is 5.45. The second kappa shape index (κ2) is 7.86. The average molecular weight is 354 g/mol. The van der Waals surface area contributed by atoms with E-state index in [1.54, 1.807) is 0 Å². The monoisotopic (exact) mass is 353 g/mol. The number of hydrogen-bond donors (Lipinski definition) is 1. The standard InChI is InChI=1S/C15H20BrN3S/c1-3-10-19-14(8-9-18-19)13(17-2)11-20-15-7-5-4-6-12(15)16/h4-9,13,17H,3,10-11H2,1-2H3. The van der Waals surface area contributed by atoms with Gasteiger partial charge >= 0.3 is 0 Å². The first-order valence-electron chi connectivity index (χ1n) is 6.82. The van der Waals surface area contributed by atoms with Crippen LogP contribution in [-0.2, 0) is 6.54 Å². The number of hydrogen-bond acceptors (Lipinski definition) is 3. The van der Waals surface area contributed by atoms with Crippen LogP contribution in [0.1, 0.15) is 25.1 Å². The minimum absolute atomic E-state index is 0.307. The first-order chi connectivity index (χ1) is 9.76. The van der Waals surface area contributed by atoms with Gasteiger partial charge < -0.3 is 5.32 Å². The van der Waals surface area contributed by atoms with Crippen molar-refractivity contribution in [2.45, 2.75) is 30.8 Å². The summed E-state index contributed by atoms with van der Waals surface area (Å²) in [6.07, 6.45) is 2.99. The number of nitrogens with zero attached hydrogens (tertiary/aromatic N) is 2. The lowest BCUT2D eigenvalue weighted by molar-refractivity contribution is 0.524. The third kappa shape index (κ3) is 3.87. The zero-order valence-electron chi connectivity index (χ0n) is 11.8. The van der Waals surface area contributed by atoms with E-state index in [0.717, 1.165) is 23.2 Å². The minimum atomic E-state index is 0.307. The fraction of sp³-hybridized carbons (Fsp3) is 0.400. The summed E-state index contributed by atoms with van der Waals surface area (Å²) in [5.41, 5.74) is 1.26. The normalized spacial score (nSPS) is 12.6. The van der Waals surface area contributed by atoms with Gasteiger partial charge in [-0.15, -0.1) is 11.8 Å². The van der Waals surface area contributed by atoms with Gasteiger partial charge in [0.1, 0.15) is 0 Å². The second-order valence-corrected chi connectivity index (χ2v) is 6.48. The molecule has 108 valence electrons. The first kappa shape index (κ1) is 15.6. The Bertz CT molecular complexity index is 541. The van der Waals surface area contributed by atoms with Crippen molar-refractivity contribution in [3.8, 4) is 0 Å². The van der Waals surface area contributed by atoms with Gasteiger partial charge in [0.25, 0.3) is 0 Å². The summed E-state index contributed by atoms with van der Waals surface area (Å²) in [5.74, 6) is 0.981. The summed E-state index contributed by atoms with van der Waals surface area (Å²) in [5, 5.41) is 7.80. The molecular formula is C15H20BrN3S. The van der Waals surface area contributed by atoms with Crippen molar-refractivity contribution in [1.29, 1.82) is 0 Å². The Morgan fingerprint density at radius 3 is 2.85 bits per heavy atom. The quantitative estimate of drug-likeness (QED) is 0.759. The van der Waals surface area contributed by atoms with Crippen molar-refractivity contribution in [1.82, 2.24) is 15.1 Å². The molecule has 0 radical (unpaired) electrons. The number of aromatic nitrogens is 2. The smallest absolute Gasteiger partial charge is 0.0584 e. The van der Waals surface area contributed by atoms with Crippen molar-refractivity contribution >= 4 is 27.7 Å². The zero-order chi connectivity index (χ0) is 14.4. The van der Waals surface area contributed by atoms with E-state index in [1.165, 1.54) is 10.6 Å². The van der Waals surface area contributed by atoms with Crippen molar-refractivity contribution in [2.24, 2.45) is 0 Å². The van der Waals surface area contributed by atoms with Gasteiger partial charge in [0.15, 0.2) is 0 Å². The van der Waals surface area contributed by atoms with Gasteiger partial charge in [-0.3, -0.25) is 4.68 Å². The molecule has 0 aliphatic rings. The maximum Gasteiger partial charge on any atom is 0.0584 e. The molecule has 0 saturated heterocycles. The molecule has 20 heavy (non-hydrogen) atoms. The summed E-state index contributed by atoms with van der Waals surface area (Å²) in [6.45, 7) is 3.15. The van der Waals surface area contributed by atoms with Gasteiger partial charge in [-0.25, -0.2) is 0 Å². The average Bonchev–Trinajstić information content (AvgIpc) is 2.90. The van der Waals surface area contributed by atoms with Gasteiger partial charge in [0.2, 0.25) is 0 Å². The van der Waals surface area contributed by atoms with Crippen LogP contribution >= 0.6 is 27.7 Å². The van der Waals surface area contributed by atoms with Crippen LogP contribution in [0, 0.1) is 0 Å². The van der Waals surface area contributed by atoms with Gasteiger partial charge in [-0.2, -0.15) is 5.10 Å². The molecule has 1 atom stereocenters. The van der Waals surface area contributed by atoms with Gasteiger partial charge in [0, 0.05) is 27.9 Å². The highest BCUT2D eigenvalue weighted by molar-refractivity contribution is 9.10. The Morgan fingerprint density at radius 1 is 1.35 bits per heavy atom. The maximum atomic E-state index is 4.41. The molecule has 0 aliphatic carbocycles. The topological polar surface area (TPSA) is 29.9 Å². The van der Waals surface area contributed by atoms with Crippen molar-refractivity contribution in [3.05, 3.63) is 46.7 Å². The Kier molecular flexibility index (Phi) is 6.13. The largest absolute Gasteiger partial charge is 0.311 e. The lowest BCUT2D eigenvalue weighted by Gasteiger charge is -2.18. The molecule has 0 amide bonds. The Labute approximate surface area is 133 Å². The Hall–Kier alpha value is -0.780. The van der Waals surface area contributed by atoms with Gasteiger partial charge in [-0.1, -0.05) is 19.1 Å². The molecule has 1 heterocycles. The van der Waals surface area contributed by atoms with Crippen molar-refractivity contribution < 1.29 is 0 Å². The van der Waals surface area contributed by atoms with E-state index < -0.39 is 0 Å². The van der Waals surface area contributed by atoms with E-state index in [1.807, 2.05) is 31.1 Å². The van der Waals surface area contributed by atoms with E-state index in [-0.39, 0.29) is 0 Å². The highest BCUT2D eigenvalue weighted by atomic mass is 79.9. The Morgan fingerprint density at radius 2 is 2.15 bits per heavy atom. The molecule has 5 heteroatoms. The number of thioether (sulfide) groups is 1. The Balaban J connectivity index is 2.06. The minimum Gasteiger partial charge on any atom is -0.311 e. The van der Waals surface area contributed by atoms with Crippen molar-refractivity contribution in [2.75, 3.05) is 12.8 Å². The highest BCUT2D eigenvalue weighted by Crippen LogP contribution is 2.30. The second-order valence-electron chi connectivity index (χ2n) is 4.56. The van der Waals surface area contributed by atoms with E-state index in [2.05, 4.69) is 62.2 Å². The van der Waals surface area contributed by atoms with Crippen LogP contribution in [0.25, 0.3) is 0 Å². The van der Waals surface area contributed by atoms with Crippen LogP contribution in [0.2, 0.25) is 0 Å². The molecule has 1 aromatic carbocycles. The molecule has 0 spiro atoms. The molecule has 0 aliphatic heterocycles. The zero-order valence-corrected chi connectivity index (χ0v) is 14.2. The molecule has 3 nitrogen and oxygen atoms in total. The van der Waals surface area contributed by atoms with Crippen LogP contribution in [-0.4, -0.2) is 22.6 Å². The molecule has 2 rings (SSSR count). The summed E-state index contributed by atoms with van der Waals surface area (Å²) in [4.78, 5) is 1.27. The number of rotatable bonds is 7. The molecule has 2 aromatic rings. The SMILES string of the molecule is CCCn1nccc1C(CSc1ccccc1Br)NC. The molecule has 0 saturated carbocycles. The maximum absolute atomic E-state index is 4.41. The van der Waals surface area contributed by atoms with E-state index in [9.17, 15) is 0 Å². The molecule has 1 unspecified atom stereocenters. The number of halogens is 1. The van der Waals surface area contributed by atoms with Gasteiger partial charge in [0.05, 0.1) is 11.7 Å². The number of aryl methyl sites for hydroxylation is 1. The van der Waals surface area contributed by atoms with E-state index in [4.69, 9.17) is 0 Å². The summed E-state index contributed by atoms with van der Waals surface area (Å²) in [6, 6.07) is 10.8. The van der Waals surface area contributed by atoms with Crippen LogP contribution < -0.4 is 5.32 Å². The number of nitrogens with one attached hydrogen (secondary N) is 1. The number of benzene rings is 1. The van der Waals surface area contributed by atoms with Crippen LogP contribution in [0.4, 0.5) is 0 Å². The van der Waals surface area contributed by atoms with Crippen LogP contribution in [0.5, 0.6) is 0 Å². The fourth-order valence-corrected chi connectivity index (χ4v) is 3.78. The van der Waals surface area contributed by atoms with Crippen molar-refractivity contribution in [3.63, 3.8) is 0 Å². The predicted molar refractivity (Wildman–Crippen MR) is 89.2 cm³/mol. The lowest BCUT2D eigenvalue weighted by atomic mass is 10.2. The van der Waals surface area contributed by atoms with E-state index in [0.29, 0.717) is 6.04 Å². The molecule has 0 bridgehead atoms. The third-order valence-corrected chi connectivity index (χ3v) is 5.25. The lowest BCUT2D eigenvalue weighted by Crippen LogP contribution is -2.22. The van der Waals surface area contributed by atoms with Gasteiger partial charge in [-0.05, 0) is 47.6 Å².